The Morgan fingerprint density at radius 1 is 0.321 bits per heavy atom. The largest absolute Gasteiger partial charge is 0.456 e. The van der Waals surface area contributed by atoms with Crippen molar-refractivity contribution in [1.82, 2.24) is 0 Å². The molecular weight excluding hydrogens is 677 g/mol. The van der Waals surface area contributed by atoms with Crippen LogP contribution in [0.3, 0.4) is 0 Å². The molecule has 1 heterocycles. The standard InChI is InChI=1S/C55H36O/c1-55(2)48-29-25-35-31-51-47(39-18-12-13-23-50(39)56-51)32-46(35)54(48)45-26-24-34(30-49(45)55)36-27-28-44(38-17-7-6-16-37(36)38)53-42-21-10-8-19-40(42)52(33-14-4-3-5-15-33)41-20-9-11-22-43(41)53/h3-32H,1-2H3. The molecule has 10 aromatic carbocycles. The molecular formula is C55H36O. The molecule has 0 saturated heterocycles. The highest BCUT2D eigenvalue weighted by molar-refractivity contribution is 6.24. The Labute approximate surface area is 325 Å². The lowest BCUT2D eigenvalue weighted by Crippen LogP contribution is -2.15. The fraction of sp³-hybridized carbons (Fsp3) is 0.0545. The van der Waals surface area contributed by atoms with Gasteiger partial charge in [-0.1, -0.05) is 172 Å². The highest BCUT2D eigenvalue weighted by atomic mass is 16.3. The SMILES string of the molecule is CC1(C)c2cc(-c3ccc(-c4c5ccccc5c(-c5ccccc5)c5ccccc45)c4ccccc34)ccc2-c2c1ccc1cc3oc4ccccc4c3cc21. The van der Waals surface area contributed by atoms with Crippen LogP contribution in [0.1, 0.15) is 25.0 Å². The minimum absolute atomic E-state index is 0.156. The summed E-state index contributed by atoms with van der Waals surface area (Å²) < 4.78 is 6.29. The Morgan fingerprint density at radius 2 is 0.893 bits per heavy atom. The Kier molecular flexibility index (Phi) is 6.46. The van der Waals surface area contributed by atoms with Gasteiger partial charge in [-0.3, -0.25) is 0 Å². The summed E-state index contributed by atoms with van der Waals surface area (Å²) in [6.45, 7) is 4.77. The molecule has 262 valence electrons. The van der Waals surface area contributed by atoms with Gasteiger partial charge in [-0.25, -0.2) is 0 Å². The van der Waals surface area contributed by atoms with Gasteiger partial charge in [-0.2, -0.15) is 0 Å². The maximum atomic E-state index is 6.29. The van der Waals surface area contributed by atoms with Crippen LogP contribution < -0.4 is 0 Å². The first-order valence-corrected chi connectivity index (χ1v) is 19.6. The van der Waals surface area contributed by atoms with Crippen molar-refractivity contribution >= 4 is 65.0 Å². The first kappa shape index (κ1) is 31.4. The normalized spacial score (nSPS) is 13.3. The van der Waals surface area contributed by atoms with E-state index in [1.807, 2.05) is 6.07 Å². The lowest BCUT2D eigenvalue weighted by Gasteiger charge is -2.23. The van der Waals surface area contributed by atoms with Crippen LogP contribution in [0.4, 0.5) is 0 Å². The molecule has 0 saturated carbocycles. The van der Waals surface area contributed by atoms with E-state index < -0.39 is 0 Å². The quantitative estimate of drug-likeness (QED) is 0.166. The van der Waals surface area contributed by atoms with Crippen LogP contribution in [0, 0.1) is 0 Å². The molecule has 0 N–H and O–H groups in total. The van der Waals surface area contributed by atoms with Crippen LogP contribution in [0.2, 0.25) is 0 Å². The van der Waals surface area contributed by atoms with Crippen LogP contribution in [0.25, 0.3) is 110 Å². The van der Waals surface area contributed by atoms with E-state index in [1.54, 1.807) is 0 Å². The van der Waals surface area contributed by atoms with Gasteiger partial charge in [-0.05, 0) is 123 Å². The predicted octanol–water partition coefficient (Wildman–Crippen LogP) is 15.5. The molecule has 0 fully saturated rings. The molecule has 0 amide bonds. The first-order chi connectivity index (χ1) is 27.5. The summed E-state index contributed by atoms with van der Waals surface area (Å²) in [5, 5.41) is 12.4. The van der Waals surface area contributed by atoms with E-state index in [0.29, 0.717) is 0 Å². The van der Waals surface area contributed by atoms with Gasteiger partial charge in [0, 0.05) is 16.2 Å². The van der Waals surface area contributed by atoms with Gasteiger partial charge in [0.25, 0.3) is 0 Å². The van der Waals surface area contributed by atoms with Gasteiger partial charge >= 0.3 is 0 Å². The zero-order valence-corrected chi connectivity index (χ0v) is 31.2. The molecule has 1 nitrogen and oxygen atoms in total. The monoisotopic (exact) mass is 712 g/mol. The van der Waals surface area contributed by atoms with Gasteiger partial charge in [0.05, 0.1) is 0 Å². The van der Waals surface area contributed by atoms with Crippen LogP contribution in [0.15, 0.2) is 186 Å². The molecule has 1 aliphatic carbocycles. The number of benzene rings is 10. The Bertz CT molecular complexity index is 3380. The molecule has 1 aliphatic rings. The number of hydrogen-bond donors (Lipinski definition) is 0. The van der Waals surface area contributed by atoms with Crippen LogP contribution >= 0.6 is 0 Å². The average molecular weight is 713 g/mol. The molecule has 0 atom stereocenters. The van der Waals surface area contributed by atoms with Gasteiger partial charge < -0.3 is 4.42 Å². The van der Waals surface area contributed by atoms with Crippen LogP contribution in [0.5, 0.6) is 0 Å². The molecule has 11 aromatic rings. The molecule has 1 heteroatoms. The zero-order valence-electron chi connectivity index (χ0n) is 31.2. The number of hydrogen-bond acceptors (Lipinski definition) is 1. The van der Waals surface area contributed by atoms with Crippen molar-refractivity contribution in [2.45, 2.75) is 19.3 Å². The second kappa shape index (κ2) is 11.5. The molecule has 0 radical (unpaired) electrons. The molecule has 1 aromatic heterocycles. The van der Waals surface area contributed by atoms with E-state index in [-0.39, 0.29) is 5.41 Å². The summed E-state index contributed by atoms with van der Waals surface area (Å²) in [5.41, 5.74) is 14.7. The van der Waals surface area contributed by atoms with E-state index in [4.69, 9.17) is 4.42 Å². The predicted molar refractivity (Wildman–Crippen MR) is 238 cm³/mol. The number of para-hydroxylation sites is 1. The first-order valence-electron chi connectivity index (χ1n) is 19.6. The minimum Gasteiger partial charge on any atom is -0.456 e. The van der Waals surface area contributed by atoms with E-state index in [0.717, 1.165) is 11.2 Å². The molecule has 12 rings (SSSR count). The molecule has 0 aliphatic heterocycles. The van der Waals surface area contributed by atoms with Crippen molar-refractivity contribution in [2.75, 3.05) is 0 Å². The summed E-state index contributed by atoms with van der Waals surface area (Å²) in [7, 11) is 0. The van der Waals surface area contributed by atoms with Crippen LogP contribution in [-0.2, 0) is 5.41 Å². The second-order valence-electron chi connectivity index (χ2n) is 16.0. The van der Waals surface area contributed by atoms with Gasteiger partial charge in [-0.15, -0.1) is 0 Å². The minimum atomic E-state index is -0.156. The summed E-state index contributed by atoms with van der Waals surface area (Å²) in [4.78, 5) is 0. The summed E-state index contributed by atoms with van der Waals surface area (Å²) in [5.74, 6) is 0. The maximum Gasteiger partial charge on any atom is 0.136 e. The van der Waals surface area contributed by atoms with Crippen LogP contribution in [-0.4, -0.2) is 0 Å². The van der Waals surface area contributed by atoms with Crippen molar-refractivity contribution in [3.63, 3.8) is 0 Å². The highest BCUT2D eigenvalue weighted by Gasteiger charge is 2.37. The van der Waals surface area contributed by atoms with E-state index in [1.165, 1.54) is 109 Å². The van der Waals surface area contributed by atoms with Crippen molar-refractivity contribution in [2.24, 2.45) is 0 Å². The van der Waals surface area contributed by atoms with Crippen molar-refractivity contribution < 1.29 is 4.42 Å². The Balaban J connectivity index is 1.06. The third kappa shape index (κ3) is 4.31. The third-order valence-corrected chi connectivity index (χ3v) is 12.7. The van der Waals surface area contributed by atoms with Gasteiger partial charge in [0.15, 0.2) is 0 Å². The van der Waals surface area contributed by atoms with E-state index >= 15 is 0 Å². The molecule has 0 spiro atoms. The Hall–Kier alpha value is -6.96. The number of fused-ring (bicyclic) bond motifs is 11. The third-order valence-electron chi connectivity index (χ3n) is 12.7. The lowest BCUT2D eigenvalue weighted by molar-refractivity contribution is 0.661. The topological polar surface area (TPSA) is 13.1 Å². The maximum absolute atomic E-state index is 6.29. The lowest BCUT2D eigenvalue weighted by atomic mass is 9.80. The summed E-state index contributed by atoms with van der Waals surface area (Å²) >= 11 is 0. The number of rotatable bonds is 3. The summed E-state index contributed by atoms with van der Waals surface area (Å²) in [6.07, 6.45) is 0. The van der Waals surface area contributed by atoms with Gasteiger partial charge in [0.1, 0.15) is 11.2 Å². The Morgan fingerprint density at radius 3 is 1.61 bits per heavy atom. The van der Waals surface area contributed by atoms with E-state index in [9.17, 15) is 0 Å². The number of furan rings is 1. The van der Waals surface area contributed by atoms with Crippen molar-refractivity contribution in [3.8, 4) is 44.5 Å². The molecule has 56 heavy (non-hydrogen) atoms. The summed E-state index contributed by atoms with van der Waals surface area (Å²) in [6, 6.07) is 67.2. The van der Waals surface area contributed by atoms with E-state index in [2.05, 4.69) is 190 Å². The fourth-order valence-corrected chi connectivity index (χ4v) is 10.0. The van der Waals surface area contributed by atoms with Crippen molar-refractivity contribution in [3.05, 3.63) is 193 Å². The highest BCUT2D eigenvalue weighted by Crippen LogP contribution is 2.53. The second-order valence-corrected chi connectivity index (χ2v) is 16.0. The van der Waals surface area contributed by atoms with Crippen molar-refractivity contribution in [1.29, 1.82) is 0 Å². The molecule has 0 unspecified atom stereocenters. The molecule has 0 bridgehead atoms. The smallest absolute Gasteiger partial charge is 0.136 e. The van der Waals surface area contributed by atoms with Gasteiger partial charge in [0.2, 0.25) is 0 Å². The zero-order chi connectivity index (χ0) is 37.1. The average Bonchev–Trinajstić information content (AvgIpc) is 3.72. The fourth-order valence-electron chi connectivity index (χ4n) is 10.0.